The van der Waals surface area contributed by atoms with Gasteiger partial charge in [0.05, 0.1) is 0 Å². The van der Waals surface area contributed by atoms with Gasteiger partial charge in [-0.25, -0.2) is 0 Å². The maximum Gasteiger partial charge on any atom is 0.322 e. The molecule has 2 saturated carbocycles. The normalized spacial score (nSPS) is 17.6. The van der Waals surface area contributed by atoms with Gasteiger partial charge >= 0.3 is 5.97 Å². The van der Waals surface area contributed by atoms with Crippen molar-refractivity contribution >= 4 is 17.8 Å². The number of nitrogens with zero attached hydrogens (tertiary/aromatic N) is 1. The van der Waals surface area contributed by atoms with Crippen LogP contribution < -0.4 is 16.2 Å². The Bertz CT molecular complexity index is 928. The van der Waals surface area contributed by atoms with Crippen molar-refractivity contribution in [2.24, 2.45) is 5.92 Å². The Hall–Kier alpha value is -3.04. The van der Waals surface area contributed by atoms with Crippen LogP contribution >= 0.6 is 0 Å². The van der Waals surface area contributed by atoms with E-state index >= 15 is 0 Å². The number of aromatic hydroxyl groups is 2. The first-order valence-corrected chi connectivity index (χ1v) is 11.3. The zero-order valence-corrected chi connectivity index (χ0v) is 18.1. The molecule has 0 radical (unpaired) electrons. The van der Waals surface area contributed by atoms with E-state index in [9.17, 15) is 29.4 Å². The number of hydrogen-bond donors (Lipinski definition) is 5. The minimum atomic E-state index is -1.32. The van der Waals surface area contributed by atoms with Gasteiger partial charge in [-0.05, 0) is 31.6 Å². The lowest BCUT2D eigenvalue weighted by atomic mass is 9.89. The van der Waals surface area contributed by atoms with Gasteiger partial charge in [0.25, 0.3) is 17.4 Å². The van der Waals surface area contributed by atoms with Gasteiger partial charge in [-0.3, -0.25) is 23.7 Å². The number of nitrogens with one attached hydrogen (secondary N) is 2. The lowest BCUT2D eigenvalue weighted by Crippen LogP contribution is -2.41. The van der Waals surface area contributed by atoms with Gasteiger partial charge in [0, 0.05) is 12.6 Å². The molecule has 0 unspecified atom stereocenters. The van der Waals surface area contributed by atoms with Crippen molar-refractivity contribution in [3.8, 4) is 11.6 Å². The van der Waals surface area contributed by atoms with Crippen LogP contribution in [0.4, 0.5) is 0 Å². The predicted octanol–water partition coefficient (Wildman–Crippen LogP) is 1.72. The number of carbonyl (C=O) groups is 3. The number of carbonyl (C=O) groups excluding carboxylic acids is 2. The molecule has 3 rings (SSSR count). The van der Waals surface area contributed by atoms with Crippen molar-refractivity contribution < 1.29 is 29.7 Å². The van der Waals surface area contributed by atoms with E-state index in [-0.39, 0.29) is 18.5 Å². The van der Waals surface area contributed by atoms with E-state index in [0.29, 0.717) is 0 Å². The quantitative estimate of drug-likeness (QED) is 0.424. The average molecular weight is 450 g/mol. The molecule has 1 aromatic rings. The van der Waals surface area contributed by atoms with Crippen LogP contribution in [0.2, 0.25) is 0 Å². The topological polar surface area (TPSA) is 158 Å². The molecule has 176 valence electrons. The number of aromatic nitrogens is 1. The molecule has 32 heavy (non-hydrogen) atoms. The first kappa shape index (κ1) is 23.6. The number of pyridine rings is 1. The van der Waals surface area contributed by atoms with E-state index < -0.39 is 52.6 Å². The molecule has 0 atom stereocenters. The van der Waals surface area contributed by atoms with E-state index in [2.05, 4.69) is 10.6 Å². The number of carboxylic acid groups (broad SMARTS) is 1. The van der Waals surface area contributed by atoms with Crippen molar-refractivity contribution in [2.45, 2.75) is 76.8 Å². The molecule has 1 aromatic heterocycles. The van der Waals surface area contributed by atoms with Gasteiger partial charge in [-0.15, -0.1) is 0 Å². The number of rotatable bonds is 7. The van der Waals surface area contributed by atoms with Gasteiger partial charge < -0.3 is 26.0 Å². The fourth-order valence-corrected chi connectivity index (χ4v) is 4.66. The van der Waals surface area contributed by atoms with E-state index in [0.717, 1.165) is 68.8 Å². The van der Waals surface area contributed by atoms with Crippen molar-refractivity contribution in [3.63, 3.8) is 0 Å². The summed E-state index contributed by atoms with van der Waals surface area (Å²) in [5.41, 5.74) is -2.14. The molecular formula is C22H31N3O7. The van der Waals surface area contributed by atoms with E-state index in [1.54, 1.807) is 0 Å². The highest BCUT2D eigenvalue weighted by Gasteiger charge is 2.31. The first-order valence-electron chi connectivity index (χ1n) is 11.3. The summed E-state index contributed by atoms with van der Waals surface area (Å²) in [6, 6.07) is -0.139. The Balaban J connectivity index is 2.00. The Kier molecular flexibility index (Phi) is 7.76. The smallest absolute Gasteiger partial charge is 0.322 e. The van der Waals surface area contributed by atoms with E-state index in [4.69, 9.17) is 5.11 Å². The largest absolute Gasteiger partial charge is 0.506 e. The highest BCUT2D eigenvalue weighted by Crippen LogP contribution is 2.31. The highest BCUT2D eigenvalue weighted by atomic mass is 16.4. The average Bonchev–Trinajstić information content (AvgIpc) is 2.76. The van der Waals surface area contributed by atoms with Crippen LogP contribution in [0, 0.1) is 5.92 Å². The van der Waals surface area contributed by atoms with Crippen molar-refractivity contribution in [1.29, 1.82) is 0 Å². The molecule has 2 fully saturated rings. The van der Waals surface area contributed by atoms with Gasteiger partial charge in [-0.1, -0.05) is 38.5 Å². The van der Waals surface area contributed by atoms with Crippen LogP contribution in [-0.2, 0) is 11.3 Å². The monoisotopic (exact) mass is 449 g/mol. The molecule has 0 saturated heterocycles. The number of aliphatic carboxylic acids is 1. The van der Waals surface area contributed by atoms with Gasteiger partial charge in [0.1, 0.15) is 17.7 Å². The van der Waals surface area contributed by atoms with E-state index in [1.807, 2.05) is 0 Å². The third kappa shape index (κ3) is 5.41. The Morgan fingerprint density at radius 3 is 2.06 bits per heavy atom. The van der Waals surface area contributed by atoms with Crippen molar-refractivity contribution in [2.75, 3.05) is 6.54 Å². The number of carboxylic acids is 1. The second kappa shape index (κ2) is 10.5. The van der Waals surface area contributed by atoms with Crippen LogP contribution in [-0.4, -0.2) is 50.3 Å². The third-order valence-electron chi connectivity index (χ3n) is 6.37. The summed E-state index contributed by atoms with van der Waals surface area (Å²) in [4.78, 5) is 49.5. The second-order valence-electron chi connectivity index (χ2n) is 8.73. The summed E-state index contributed by atoms with van der Waals surface area (Å²) in [5.74, 6) is -4.82. The third-order valence-corrected chi connectivity index (χ3v) is 6.37. The minimum Gasteiger partial charge on any atom is -0.506 e. The molecular weight excluding hydrogens is 418 g/mol. The minimum absolute atomic E-state index is 0.0843. The van der Waals surface area contributed by atoms with Crippen molar-refractivity contribution in [1.82, 2.24) is 15.2 Å². The molecule has 2 amide bonds. The summed E-state index contributed by atoms with van der Waals surface area (Å²) >= 11 is 0. The summed E-state index contributed by atoms with van der Waals surface area (Å²) in [6.45, 7) is -0.642. The number of hydrogen-bond acceptors (Lipinski definition) is 6. The first-order chi connectivity index (χ1) is 15.3. The lowest BCUT2D eigenvalue weighted by Gasteiger charge is -2.25. The summed E-state index contributed by atoms with van der Waals surface area (Å²) in [6.07, 6.45) is 9.22. The number of amides is 2. The highest BCUT2D eigenvalue weighted by molar-refractivity contribution is 6.05. The summed E-state index contributed by atoms with van der Waals surface area (Å²) in [7, 11) is 0. The van der Waals surface area contributed by atoms with Crippen LogP contribution in [0.5, 0.6) is 11.6 Å². The molecule has 10 heteroatoms. The Labute approximate surface area is 185 Å². The Morgan fingerprint density at radius 1 is 0.875 bits per heavy atom. The van der Waals surface area contributed by atoms with Crippen LogP contribution in [0.1, 0.15) is 84.9 Å². The lowest BCUT2D eigenvalue weighted by molar-refractivity contribution is -0.135. The summed E-state index contributed by atoms with van der Waals surface area (Å²) < 4.78 is 0.959. The maximum absolute atomic E-state index is 13.2. The molecule has 0 spiro atoms. The van der Waals surface area contributed by atoms with Gasteiger partial charge in [0.15, 0.2) is 5.75 Å². The van der Waals surface area contributed by atoms with Gasteiger partial charge in [0.2, 0.25) is 5.88 Å². The van der Waals surface area contributed by atoms with Crippen LogP contribution in [0.3, 0.4) is 0 Å². The summed E-state index contributed by atoms with van der Waals surface area (Å²) in [5, 5.41) is 35.0. The molecule has 2 aliphatic carbocycles. The molecule has 0 bridgehead atoms. The standard InChI is InChI=1S/C22H31N3O7/c26-15(27)11-23-19(29)16-18(28)17(20(30)24-14-9-5-2-6-10-14)22(32)25(21(16)31)12-13-7-3-1-4-8-13/h13-14,28,31H,1-12H2,(H,23,29)(H,24,30)(H,26,27). The van der Waals surface area contributed by atoms with Crippen molar-refractivity contribution in [3.05, 3.63) is 21.5 Å². The zero-order valence-electron chi connectivity index (χ0n) is 18.1. The molecule has 0 aliphatic heterocycles. The molecule has 0 aromatic carbocycles. The fourth-order valence-electron chi connectivity index (χ4n) is 4.66. The second-order valence-corrected chi connectivity index (χ2v) is 8.73. The van der Waals surface area contributed by atoms with Crippen LogP contribution in [0.25, 0.3) is 0 Å². The fraction of sp³-hybridized carbons (Fsp3) is 0.636. The zero-order chi connectivity index (χ0) is 23.3. The predicted molar refractivity (Wildman–Crippen MR) is 115 cm³/mol. The SMILES string of the molecule is O=C(O)CNC(=O)c1c(O)c(C(=O)NC2CCCCC2)c(=O)n(CC2CCCCC2)c1O. The molecule has 1 heterocycles. The molecule has 2 aliphatic rings. The molecule has 10 nitrogen and oxygen atoms in total. The molecule has 5 N–H and O–H groups in total. The van der Waals surface area contributed by atoms with Gasteiger partial charge in [-0.2, -0.15) is 0 Å². The van der Waals surface area contributed by atoms with Crippen LogP contribution in [0.15, 0.2) is 4.79 Å². The maximum atomic E-state index is 13.2. The van der Waals surface area contributed by atoms with E-state index in [1.165, 1.54) is 0 Å². The Morgan fingerprint density at radius 2 is 1.47 bits per heavy atom.